The highest BCUT2D eigenvalue weighted by Gasteiger charge is 2.48. The van der Waals surface area contributed by atoms with Crippen molar-refractivity contribution in [1.82, 2.24) is 29.6 Å². The highest BCUT2D eigenvalue weighted by atomic mass is 16.6. The number of aliphatic hydroxyl groups is 2. The third kappa shape index (κ3) is 6.40. The van der Waals surface area contributed by atoms with E-state index in [0.29, 0.717) is 26.2 Å². The van der Waals surface area contributed by atoms with Gasteiger partial charge in [-0.05, 0) is 30.9 Å². The van der Waals surface area contributed by atoms with Crippen molar-refractivity contribution in [3.63, 3.8) is 0 Å². The summed E-state index contributed by atoms with van der Waals surface area (Å²) in [5.74, 6) is -1.17. The Hall–Kier alpha value is -4.01. The average Bonchev–Trinajstić information content (AvgIpc) is 3.30. The number of carbonyl (C=O) groups excluding carboxylic acids is 3. The molecule has 14 nitrogen and oxygen atoms in total. The SMILES string of the molecule is Nc1ccn([C@@H]2O[C@H](C(=O)N[C@H](Cc3ccccc3)C(=O)N3CCN(C(=O)N4CCCCC4)CC3)[C@@H](O)[C@H]2O)c(=O)n1. The Labute approximate surface area is 242 Å². The Bertz CT molecular complexity index is 1330. The number of urea groups is 1. The number of piperidine rings is 1. The van der Waals surface area contributed by atoms with Gasteiger partial charge in [0.15, 0.2) is 12.3 Å². The largest absolute Gasteiger partial charge is 0.387 e. The number of nitrogen functional groups attached to an aromatic ring is 1. The van der Waals surface area contributed by atoms with Gasteiger partial charge in [-0.25, -0.2) is 9.59 Å². The van der Waals surface area contributed by atoms with Crippen molar-refractivity contribution < 1.29 is 29.3 Å². The lowest BCUT2D eigenvalue weighted by molar-refractivity contribution is -0.144. The Balaban J connectivity index is 1.26. The lowest BCUT2D eigenvalue weighted by Gasteiger charge is -2.39. The molecule has 4 amide bonds. The summed E-state index contributed by atoms with van der Waals surface area (Å²) < 4.78 is 6.56. The van der Waals surface area contributed by atoms with Crippen molar-refractivity contribution in [2.45, 2.75) is 56.3 Å². The maximum absolute atomic E-state index is 13.7. The van der Waals surface area contributed by atoms with Gasteiger partial charge in [-0.1, -0.05) is 30.3 Å². The van der Waals surface area contributed by atoms with Crippen LogP contribution in [-0.4, -0.2) is 116 Å². The number of nitrogens with two attached hydrogens (primary N) is 1. The first-order valence-corrected chi connectivity index (χ1v) is 14.3. The fraction of sp³-hybridized carbons (Fsp3) is 0.536. The normalized spacial score (nSPS) is 25.2. The van der Waals surface area contributed by atoms with Crippen LogP contribution in [0.1, 0.15) is 31.1 Å². The van der Waals surface area contributed by atoms with Crippen LogP contribution in [0.15, 0.2) is 47.4 Å². The number of ether oxygens (including phenoxy) is 1. The minimum atomic E-state index is -1.67. The Morgan fingerprint density at radius 1 is 0.929 bits per heavy atom. The summed E-state index contributed by atoms with van der Waals surface area (Å²) in [5.41, 5.74) is 5.52. The van der Waals surface area contributed by atoms with E-state index in [9.17, 15) is 29.4 Å². The molecule has 5 rings (SSSR count). The number of carbonyl (C=O) groups is 3. The van der Waals surface area contributed by atoms with Crippen LogP contribution in [0.2, 0.25) is 0 Å². The highest BCUT2D eigenvalue weighted by molar-refractivity contribution is 5.90. The zero-order valence-corrected chi connectivity index (χ0v) is 23.2. The summed E-state index contributed by atoms with van der Waals surface area (Å²) in [6, 6.07) is 9.48. The summed E-state index contributed by atoms with van der Waals surface area (Å²) in [7, 11) is 0. The molecular weight excluding hydrogens is 546 g/mol. The molecule has 0 radical (unpaired) electrons. The molecule has 0 spiro atoms. The number of rotatable bonds is 6. The van der Waals surface area contributed by atoms with E-state index in [4.69, 9.17) is 10.5 Å². The predicted molar refractivity (Wildman–Crippen MR) is 150 cm³/mol. The summed E-state index contributed by atoms with van der Waals surface area (Å²) in [4.78, 5) is 61.1. The second-order valence-corrected chi connectivity index (χ2v) is 10.9. The van der Waals surface area contributed by atoms with E-state index >= 15 is 0 Å². The highest BCUT2D eigenvalue weighted by Crippen LogP contribution is 2.29. The molecule has 2 aromatic rings. The lowest BCUT2D eigenvalue weighted by atomic mass is 10.0. The summed E-state index contributed by atoms with van der Waals surface area (Å²) in [6.45, 7) is 2.89. The van der Waals surface area contributed by atoms with Crippen LogP contribution in [0.5, 0.6) is 0 Å². The van der Waals surface area contributed by atoms with Crippen molar-refractivity contribution >= 4 is 23.7 Å². The molecule has 226 valence electrons. The minimum Gasteiger partial charge on any atom is -0.387 e. The molecule has 4 heterocycles. The van der Waals surface area contributed by atoms with E-state index in [1.165, 1.54) is 12.3 Å². The van der Waals surface area contributed by atoms with E-state index < -0.39 is 42.2 Å². The summed E-state index contributed by atoms with van der Waals surface area (Å²) >= 11 is 0. The van der Waals surface area contributed by atoms with Crippen molar-refractivity contribution in [3.05, 3.63) is 58.6 Å². The third-order valence-corrected chi connectivity index (χ3v) is 8.01. The molecule has 1 aromatic carbocycles. The quantitative estimate of drug-likeness (QED) is 0.329. The Morgan fingerprint density at radius 3 is 2.24 bits per heavy atom. The molecule has 42 heavy (non-hydrogen) atoms. The number of amides is 4. The van der Waals surface area contributed by atoms with Crippen molar-refractivity contribution in [2.75, 3.05) is 45.0 Å². The van der Waals surface area contributed by atoms with E-state index in [0.717, 1.165) is 42.5 Å². The topological polar surface area (TPSA) is 184 Å². The monoisotopic (exact) mass is 583 g/mol. The number of likely N-dealkylation sites (tertiary alicyclic amines) is 1. The minimum absolute atomic E-state index is 0.00757. The van der Waals surface area contributed by atoms with Crippen LogP contribution in [0.3, 0.4) is 0 Å². The van der Waals surface area contributed by atoms with E-state index in [1.807, 2.05) is 35.2 Å². The molecule has 3 fully saturated rings. The van der Waals surface area contributed by atoms with Crippen LogP contribution < -0.4 is 16.7 Å². The van der Waals surface area contributed by atoms with Gasteiger partial charge in [0.1, 0.15) is 24.1 Å². The fourth-order valence-corrected chi connectivity index (χ4v) is 5.65. The first kappa shape index (κ1) is 29.5. The van der Waals surface area contributed by atoms with Gasteiger partial charge in [-0.2, -0.15) is 4.98 Å². The van der Waals surface area contributed by atoms with Gasteiger partial charge in [0.05, 0.1) is 0 Å². The molecule has 0 unspecified atom stereocenters. The van der Waals surface area contributed by atoms with Crippen molar-refractivity contribution in [1.29, 1.82) is 0 Å². The van der Waals surface area contributed by atoms with Crippen LogP contribution >= 0.6 is 0 Å². The molecule has 3 aliphatic rings. The molecule has 3 saturated heterocycles. The maximum atomic E-state index is 13.7. The zero-order chi connectivity index (χ0) is 29.8. The van der Waals surface area contributed by atoms with Gasteiger partial charge < -0.3 is 40.7 Å². The fourth-order valence-electron chi connectivity index (χ4n) is 5.65. The molecular formula is C28H37N7O7. The molecule has 1 aromatic heterocycles. The molecule has 5 N–H and O–H groups in total. The zero-order valence-electron chi connectivity index (χ0n) is 23.2. The molecule has 0 bridgehead atoms. The van der Waals surface area contributed by atoms with Gasteiger partial charge in [0.25, 0.3) is 5.91 Å². The maximum Gasteiger partial charge on any atom is 0.351 e. The van der Waals surface area contributed by atoms with Crippen molar-refractivity contribution in [2.24, 2.45) is 0 Å². The Morgan fingerprint density at radius 2 is 1.57 bits per heavy atom. The third-order valence-electron chi connectivity index (χ3n) is 8.01. The second kappa shape index (κ2) is 12.9. The predicted octanol–water partition coefficient (Wildman–Crippen LogP) is -1.08. The smallest absolute Gasteiger partial charge is 0.351 e. The van der Waals surface area contributed by atoms with Crippen LogP contribution in [0.4, 0.5) is 10.6 Å². The number of nitrogens with zero attached hydrogens (tertiary/aromatic N) is 5. The first-order chi connectivity index (χ1) is 20.2. The molecule has 5 atom stereocenters. The second-order valence-electron chi connectivity index (χ2n) is 10.9. The molecule has 3 aliphatic heterocycles. The van der Waals surface area contributed by atoms with Crippen LogP contribution in [-0.2, 0) is 20.7 Å². The summed E-state index contributed by atoms with van der Waals surface area (Å²) in [6.07, 6.45) is -1.68. The van der Waals surface area contributed by atoms with Gasteiger partial charge in [0, 0.05) is 51.9 Å². The van der Waals surface area contributed by atoms with E-state index in [-0.39, 0.29) is 24.2 Å². The molecule has 14 heteroatoms. The standard InChI is InChI=1S/C28H37N7O7/c29-20-9-12-35(27(40)31-20)26-22(37)21(36)23(42-26)24(38)30-19(17-18-7-3-1-4-8-18)25(39)32-13-15-34(16-14-32)28(41)33-10-5-2-6-11-33/h1,3-4,7-9,12,19,21-23,26,36-37H,2,5-6,10-11,13-17H2,(H,30,38)(H2,29,31,40)/t19-,21+,22-,23+,26-/m1/s1. The van der Waals surface area contributed by atoms with Gasteiger partial charge in [-0.15, -0.1) is 0 Å². The Kier molecular flexibility index (Phi) is 9.04. The van der Waals surface area contributed by atoms with Crippen LogP contribution in [0, 0.1) is 0 Å². The van der Waals surface area contributed by atoms with Crippen LogP contribution in [0.25, 0.3) is 0 Å². The molecule has 0 aliphatic carbocycles. The first-order valence-electron chi connectivity index (χ1n) is 14.3. The number of anilines is 1. The number of benzene rings is 1. The van der Waals surface area contributed by atoms with Gasteiger partial charge >= 0.3 is 11.7 Å². The lowest BCUT2D eigenvalue weighted by Crippen LogP contribution is -2.59. The molecule has 0 saturated carbocycles. The van der Waals surface area contributed by atoms with E-state index in [1.54, 1.807) is 9.80 Å². The number of piperazine rings is 1. The number of hydrogen-bond donors (Lipinski definition) is 4. The number of aliphatic hydroxyl groups excluding tert-OH is 2. The average molecular weight is 584 g/mol. The number of aromatic nitrogens is 2. The van der Waals surface area contributed by atoms with Gasteiger partial charge in [0.2, 0.25) is 5.91 Å². The van der Waals surface area contributed by atoms with Gasteiger partial charge in [-0.3, -0.25) is 14.2 Å². The number of hydrogen-bond acceptors (Lipinski definition) is 9. The summed E-state index contributed by atoms with van der Waals surface area (Å²) in [5, 5.41) is 23.9. The number of nitrogens with one attached hydrogen (secondary N) is 1. The van der Waals surface area contributed by atoms with E-state index in [2.05, 4.69) is 10.3 Å². The van der Waals surface area contributed by atoms with Crippen molar-refractivity contribution in [3.8, 4) is 0 Å².